The third-order valence-corrected chi connectivity index (χ3v) is 7.45. The van der Waals surface area contributed by atoms with Crippen LogP contribution in [0.4, 0.5) is 0 Å². The van der Waals surface area contributed by atoms with E-state index in [4.69, 9.17) is 9.47 Å². The van der Waals surface area contributed by atoms with Crippen molar-refractivity contribution in [3.63, 3.8) is 0 Å². The van der Waals surface area contributed by atoms with Crippen LogP contribution in [0.1, 0.15) is 39.7 Å². The van der Waals surface area contributed by atoms with Crippen LogP contribution in [0.3, 0.4) is 0 Å². The Morgan fingerprint density at radius 1 is 0.972 bits per heavy atom. The molecule has 2 amide bonds. The average Bonchev–Trinajstić information content (AvgIpc) is 3.29. The molecule has 3 aromatic rings. The largest absolute Gasteiger partial charge is 0.493 e. The number of hydrogen-bond acceptors (Lipinski definition) is 5. The molecule has 0 fully saturated rings. The Morgan fingerprint density at radius 2 is 1.75 bits per heavy atom. The van der Waals surface area contributed by atoms with Crippen LogP contribution < -0.4 is 9.47 Å². The van der Waals surface area contributed by atoms with E-state index < -0.39 is 0 Å². The summed E-state index contributed by atoms with van der Waals surface area (Å²) in [5, 5.41) is 2.04. The van der Waals surface area contributed by atoms with E-state index in [1.165, 1.54) is 5.56 Å². The van der Waals surface area contributed by atoms with Crippen molar-refractivity contribution in [1.29, 1.82) is 0 Å². The van der Waals surface area contributed by atoms with Gasteiger partial charge in [0.25, 0.3) is 5.91 Å². The molecular weight excluding hydrogens is 540 g/mol. The Labute approximate surface area is 226 Å². The standard InChI is InChI=1S/C28H33BrN2O4S/c1-5-13-31(28(33)22-7-6-8-23(29)17-22)19-27(32)30(18-26-20(2)12-15-36-26)14-11-21-9-10-24(34-3)25(16-21)35-4/h6-10,12,15-17H,5,11,13-14,18-19H2,1-4H3. The maximum atomic E-state index is 13.6. The molecule has 0 aliphatic heterocycles. The first-order chi connectivity index (χ1) is 17.4. The van der Waals surface area contributed by atoms with E-state index in [0.29, 0.717) is 43.1 Å². The predicted molar refractivity (Wildman–Crippen MR) is 148 cm³/mol. The average molecular weight is 574 g/mol. The molecule has 0 bridgehead atoms. The summed E-state index contributed by atoms with van der Waals surface area (Å²) in [5.74, 6) is 1.12. The highest BCUT2D eigenvalue weighted by Gasteiger charge is 2.23. The highest BCUT2D eigenvalue weighted by Crippen LogP contribution is 2.28. The molecule has 1 heterocycles. The minimum Gasteiger partial charge on any atom is -0.493 e. The highest BCUT2D eigenvalue weighted by molar-refractivity contribution is 9.10. The maximum absolute atomic E-state index is 13.6. The lowest BCUT2D eigenvalue weighted by Gasteiger charge is -2.28. The minimum absolute atomic E-state index is 0.0372. The third kappa shape index (κ3) is 7.34. The first kappa shape index (κ1) is 27.7. The van der Waals surface area contributed by atoms with E-state index in [9.17, 15) is 9.59 Å². The summed E-state index contributed by atoms with van der Waals surface area (Å²) < 4.78 is 11.6. The number of thiophene rings is 1. The topological polar surface area (TPSA) is 59.1 Å². The van der Waals surface area contributed by atoms with Gasteiger partial charge in [-0.1, -0.05) is 35.0 Å². The normalized spacial score (nSPS) is 10.7. The summed E-state index contributed by atoms with van der Waals surface area (Å²) in [7, 11) is 3.22. The Kier molecular flexibility index (Phi) is 10.4. The fraction of sp³-hybridized carbons (Fsp3) is 0.357. The van der Waals surface area contributed by atoms with Crippen LogP contribution in [0, 0.1) is 6.92 Å². The molecule has 0 N–H and O–H groups in total. The Hall–Kier alpha value is -2.84. The number of benzene rings is 2. The van der Waals surface area contributed by atoms with Gasteiger partial charge in [-0.2, -0.15) is 0 Å². The maximum Gasteiger partial charge on any atom is 0.254 e. The van der Waals surface area contributed by atoms with Crippen LogP contribution in [-0.4, -0.2) is 55.5 Å². The molecular formula is C28H33BrN2O4S. The van der Waals surface area contributed by atoms with Crippen LogP contribution in [0.5, 0.6) is 11.5 Å². The number of methoxy groups -OCH3 is 2. The number of rotatable bonds is 12. The number of amides is 2. The second-order valence-electron chi connectivity index (χ2n) is 8.52. The SMILES string of the molecule is CCCN(CC(=O)N(CCc1ccc(OC)c(OC)c1)Cc1sccc1C)C(=O)c1cccc(Br)c1. The summed E-state index contributed by atoms with van der Waals surface area (Å²) >= 11 is 5.08. The molecule has 0 aliphatic rings. The number of carbonyl (C=O) groups excluding carboxylic acids is 2. The van der Waals surface area contributed by atoms with Crippen molar-refractivity contribution in [2.75, 3.05) is 33.9 Å². The fourth-order valence-electron chi connectivity index (χ4n) is 3.92. The molecule has 192 valence electrons. The Balaban J connectivity index is 1.79. The molecule has 6 nitrogen and oxygen atoms in total. The predicted octanol–water partition coefficient (Wildman–Crippen LogP) is 5.96. The van der Waals surface area contributed by atoms with Crippen LogP contribution in [0.25, 0.3) is 0 Å². The van der Waals surface area contributed by atoms with Crippen molar-refractivity contribution in [2.45, 2.75) is 33.2 Å². The number of nitrogens with zero attached hydrogens (tertiary/aromatic N) is 2. The molecule has 0 saturated heterocycles. The quantitative estimate of drug-likeness (QED) is 0.268. The zero-order chi connectivity index (χ0) is 26.1. The molecule has 0 aliphatic carbocycles. The first-order valence-corrected chi connectivity index (χ1v) is 13.6. The molecule has 2 aromatic carbocycles. The number of hydrogen-bond donors (Lipinski definition) is 0. The minimum atomic E-state index is -0.140. The van der Waals surface area contributed by atoms with E-state index in [1.807, 2.05) is 47.5 Å². The molecule has 36 heavy (non-hydrogen) atoms. The summed E-state index contributed by atoms with van der Waals surface area (Å²) in [6.07, 6.45) is 1.42. The van der Waals surface area contributed by atoms with Gasteiger partial charge in [0.2, 0.25) is 5.91 Å². The molecule has 1 aromatic heterocycles. The van der Waals surface area contributed by atoms with Crippen molar-refractivity contribution in [3.05, 3.63) is 80.0 Å². The monoisotopic (exact) mass is 572 g/mol. The van der Waals surface area contributed by atoms with Crippen LogP contribution in [0.2, 0.25) is 0 Å². The fourth-order valence-corrected chi connectivity index (χ4v) is 5.24. The zero-order valence-electron chi connectivity index (χ0n) is 21.3. The van der Waals surface area contributed by atoms with E-state index in [1.54, 1.807) is 42.6 Å². The van der Waals surface area contributed by atoms with Gasteiger partial charge in [-0.05, 0) is 72.7 Å². The van der Waals surface area contributed by atoms with Gasteiger partial charge in [-0.15, -0.1) is 11.3 Å². The van der Waals surface area contributed by atoms with Gasteiger partial charge in [-0.3, -0.25) is 9.59 Å². The van der Waals surface area contributed by atoms with Gasteiger partial charge in [0, 0.05) is 28.0 Å². The number of ether oxygens (including phenoxy) is 2. The summed E-state index contributed by atoms with van der Waals surface area (Å²) in [4.78, 5) is 31.5. The number of aryl methyl sites for hydroxylation is 1. The van der Waals surface area contributed by atoms with Crippen LogP contribution >= 0.6 is 27.3 Å². The highest BCUT2D eigenvalue weighted by atomic mass is 79.9. The van der Waals surface area contributed by atoms with Crippen molar-refractivity contribution in [2.24, 2.45) is 0 Å². The lowest BCUT2D eigenvalue weighted by molar-refractivity contribution is -0.132. The third-order valence-electron chi connectivity index (χ3n) is 5.95. The lowest BCUT2D eigenvalue weighted by Crippen LogP contribution is -2.43. The van der Waals surface area contributed by atoms with Gasteiger partial charge in [-0.25, -0.2) is 0 Å². The lowest BCUT2D eigenvalue weighted by atomic mass is 10.1. The molecule has 0 unspecified atom stereocenters. The van der Waals surface area contributed by atoms with Crippen LogP contribution in [-0.2, 0) is 17.8 Å². The molecule has 3 rings (SSSR count). The zero-order valence-corrected chi connectivity index (χ0v) is 23.7. The molecule has 0 spiro atoms. The molecule has 0 radical (unpaired) electrons. The van der Waals surface area contributed by atoms with Crippen molar-refractivity contribution in [3.8, 4) is 11.5 Å². The van der Waals surface area contributed by atoms with Crippen molar-refractivity contribution < 1.29 is 19.1 Å². The van der Waals surface area contributed by atoms with Gasteiger partial charge in [0.1, 0.15) is 6.54 Å². The van der Waals surface area contributed by atoms with E-state index in [2.05, 4.69) is 28.9 Å². The molecule has 8 heteroatoms. The summed E-state index contributed by atoms with van der Waals surface area (Å²) in [6.45, 7) is 5.66. The number of carbonyl (C=O) groups is 2. The van der Waals surface area contributed by atoms with Crippen molar-refractivity contribution in [1.82, 2.24) is 9.80 Å². The van der Waals surface area contributed by atoms with Gasteiger partial charge in [0.15, 0.2) is 11.5 Å². The van der Waals surface area contributed by atoms with E-state index in [0.717, 1.165) is 21.3 Å². The van der Waals surface area contributed by atoms with Gasteiger partial charge < -0.3 is 19.3 Å². The van der Waals surface area contributed by atoms with Crippen molar-refractivity contribution >= 4 is 39.1 Å². The summed E-state index contributed by atoms with van der Waals surface area (Å²) in [6, 6.07) is 15.2. The second-order valence-corrected chi connectivity index (χ2v) is 10.4. The first-order valence-electron chi connectivity index (χ1n) is 11.9. The number of halogens is 1. The Bertz CT molecular complexity index is 1180. The Morgan fingerprint density at radius 3 is 2.39 bits per heavy atom. The van der Waals surface area contributed by atoms with E-state index >= 15 is 0 Å². The molecule has 0 atom stereocenters. The second kappa shape index (κ2) is 13.5. The van der Waals surface area contributed by atoms with E-state index in [-0.39, 0.29) is 18.4 Å². The van der Waals surface area contributed by atoms with Crippen LogP contribution in [0.15, 0.2) is 58.4 Å². The van der Waals surface area contributed by atoms with Gasteiger partial charge >= 0.3 is 0 Å². The molecule has 0 saturated carbocycles. The smallest absolute Gasteiger partial charge is 0.254 e. The summed E-state index contributed by atoms with van der Waals surface area (Å²) in [5.41, 5.74) is 2.78. The van der Waals surface area contributed by atoms with Gasteiger partial charge in [0.05, 0.1) is 20.8 Å².